The molecule has 0 spiro atoms. The molecular formula is C22H21F6NO2. The van der Waals surface area contributed by atoms with Gasteiger partial charge in [0.2, 0.25) is 0 Å². The third-order valence-electron chi connectivity index (χ3n) is 5.57. The van der Waals surface area contributed by atoms with Gasteiger partial charge in [-0.1, -0.05) is 24.3 Å². The molecule has 9 heteroatoms. The molecule has 2 aromatic carbocycles. The molecule has 0 bridgehead atoms. The van der Waals surface area contributed by atoms with Crippen LogP contribution in [0, 0.1) is 5.92 Å². The molecule has 3 nitrogen and oxygen atoms in total. The second-order valence-electron chi connectivity index (χ2n) is 7.79. The minimum absolute atomic E-state index is 0.0365. The third-order valence-corrected chi connectivity index (χ3v) is 5.57. The quantitative estimate of drug-likeness (QED) is 0.561. The molecular weight excluding hydrogens is 424 g/mol. The number of carboxylic acid groups (broad SMARTS) is 1. The van der Waals surface area contributed by atoms with Crippen LogP contribution in [0.5, 0.6) is 0 Å². The van der Waals surface area contributed by atoms with Crippen molar-refractivity contribution in [2.75, 3.05) is 6.54 Å². The molecule has 1 heterocycles. The number of alkyl halides is 6. The topological polar surface area (TPSA) is 40.5 Å². The summed E-state index contributed by atoms with van der Waals surface area (Å²) in [6.45, 7) is 0.800. The van der Waals surface area contributed by atoms with E-state index < -0.39 is 29.4 Å². The number of hydrogen-bond donors (Lipinski definition) is 1. The van der Waals surface area contributed by atoms with Crippen LogP contribution in [0.3, 0.4) is 0 Å². The lowest BCUT2D eigenvalue weighted by molar-refractivity contribution is -0.139. The highest BCUT2D eigenvalue weighted by Gasteiger charge is 2.34. The fraction of sp³-hybridized carbons (Fsp3) is 0.409. The molecule has 2 aromatic rings. The van der Waals surface area contributed by atoms with Crippen molar-refractivity contribution >= 4 is 5.97 Å². The maximum atomic E-state index is 12.9. The van der Waals surface area contributed by atoms with Gasteiger partial charge in [-0.15, -0.1) is 0 Å². The van der Waals surface area contributed by atoms with Gasteiger partial charge in [0.05, 0.1) is 11.1 Å². The number of piperidine rings is 1. The van der Waals surface area contributed by atoms with Crippen LogP contribution >= 0.6 is 0 Å². The Labute approximate surface area is 175 Å². The molecule has 1 fully saturated rings. The van der Waals surface area contributed by atoms with Crippen molar-refractivity contribution in [3.05, 3.63) is 70.8 Å². The van der Waals surface area contributed by atoms with E-state index in [1.54, 1.807) is 0 Å². The van der Waals surface area contributed by atoms with Crippen LogP contribution in [0.15, 0.2) is 48.5 Å². The fourth-order valence-electron chi connectivity index (χ4n) is 3.98. The van der Waals surface area contributed by atoms with Crippen molar-refractivity contribution in [2.24, 2.45) is 5.92 Å². The summed E-state index contributed by atoms with van der Waals surface area (Å²) in [6, 6.07) is 9.19. The molecule has 168 valence electrons. The molecule has 1 aliphatic heterocycles. The first-order valence-corrected chi connectivity index (χ1v) is 9.72. The highest BCUT2D eigenvalue weighted by molar-refractivity contribution is 5.67. The minimum atomic E-state index is -4.46. The van der Waals surface area contributed by atoms with Crippen LogP contribution in [0.2, 0.25) is 0 Å². The Morgan fingerprint density at radius 1 is 0.903 bits per heavy atom. The largest absolute Gasteiger partial charge is 0.481 e. The van der Waals surface area contributed by atoms with Crippen LogP contribution in [-0.2, 0) is 23.7 Å². The number of aliphatic carboxylic acids is 1. The van der Waals surface area contributed by atoms with Gasteiger partial charge in [-0.3, -0.25) is 9.69 Å². The van der Waals surface area contributed by atoms with Gasteiger partial charge in [0, 0.05) is 19.0 Å². The first kappa shape index (κ1) is 23.1. The van der Waals surface area contributed by atoms with E-state index in [4.69, 9.17) is 5.11 Å². The normalized spacial score (nSPS) is 20.6. The monoisotopic (exact) mass is 445 g/mol. The lowest BCUT2D eigenvalue weighted by Gasteiger charge is -2.39. The third kappa shape index (κ3) is 6.00. The highest BCUT2D eigenvalue weighted by atomic mass is 19.4. The number of hydrogen-bond acceptors (Lipinski definition) is 2. The minimum Gasteiger partial charge on any atom is -0.481 e. The van der Waals surface area contributed by atoms with Crippen molar-refractivity contribution in [1.29, 1.82) is 0 Å². The first-order valence-electron chi connectivity index (χ1n) is 9.72. The van der Waals surface area contributed by atoms with E-state index in [0.717, 1.165) is 24.3 Å². The van der Waals surface area contributed by atoms with E-state index in [-0.39, 0.29) is 18.4 Å². The first-order chi connectivity index (χ1) is 14.4. The predicted molar refractivity (Wildman–Crippen MR) is 101 cm³/mol. The van der Waals surface area contributed by atoms with Crippen LogP contribution in [0.1, 0.15) is 47.6 Å². The number of carbonyl (C=O) groups is 1. The second kappa shape index (κ2) is 8.90. The van der Waals surface area contributed by atoms with Gasteiger partial charge in [0.1, 0.15) is 0 Å². The van der Waals surface area contributed by atoms with Gasteiger partial charge in [-0.25, -0.2) is 0 Å². The molecule has 0 aromatic heterocycles. The Bertz CT molecular complexity index is 890. The highest BCUT2D eigenvalue weighted by Crippen LogP contribution is 2.38. The molecule has 0 unspecified atom stereocenters. The van der Waals surface area contributed by atoms with Gasteiger partial charge in [-0.2, -0.15) is 26.3 Å². The number of carboxylic acids is 1. The Kier molecular flexibility index (Phi) is 6.64. The Morgan fingerprint density at radius 3 is 1.90 bits per heavy atom. The summed E-state index contributed by atoms with van der Waals surface area (Å²) in [6.07, 6.45) is -7.90. The van der Waals surface area contributed by atoms with E-state index in [0.29, 0.717) is 37.1 Å². The van der Waals surface area contributed by atoms with Gasteiger partial charge in [-0.05, 0) is 60.7 Å². The molecule has 1 N–H and O–H groups in total. The maximum Gasteiger partial charge on any atom is 0.416 e. The van der Waals surface area contributed by atoms with Crippen molar-refractivity contribution in [3.8, 4) is 0 Å². The van der Waals surface area contributed by atoms with Crippen molar-refractivity contribution in [1.82, 2.24) is 4.90 Å². The lowest BCUT2D eigenvalue weighted by atomic mass is 9.84. The predicted octanol–water partition coefficient (Wildman–Crippen LogP) is 6.15. The van der Waals surface area contributed by atoms with Crippen molar-refractivity contribution in [2.45, 2.75) is 44.2 Å². The summed E-state index contributed by atoms with van der Waals surface area (Å²) in [5, 5.41) is 9.11. The summed E-state index contributed by atoms with van der Waals surface area (Å²) < 4.78 is 77.0. The number of likely N-dealkylation sites (tertiary alicyclic amines) is 1. The fourth-order valence-corrected chi connectivity index (χ4v) is 3.98. The van der Waals surface area contributed by atoms with Gasteiger partial charge in [0.25, 0.3) is 0 Å². The van der Waals surface area contributed by atoms with Crippen molar-refractivity contribution in [3.63, 3.8) is 0 Å². The van der Waals surface area contributed by atoms with Gasteiger partial charge < -0.3 is 5.11 Å². The van der Waals surface area contributed by atoms with E-state index >= 15 is 0 Å². The van der Waals surface area contributed by atoms with E-state index in [9.17, 15) is 31.1 Å². The molecule has 3 rings (SSSR count). The number of halogens is 6. The number of benzene rings is 2. The molecule has 0 saturated carbocycles. The van der Waals surface area contributed by atoms with E-state index in [1.807, 2.05) is 4.90 Å². The van der Waals surface area contributed by atoms with Crippen LogP contribution < -0.4 is 0 Å². The zero-order valence-corrected chi connectivity index (χ0v) is 16.4. The van der Waals surface area contributed by atoms with E-state index in [2.05, 4.69) is 0 Å². The summed E-state index contributed by atoms with van der Waals surface area (Å²) in [5.41, 5.74) is -0.268. The molecule has 31 heavy (non-hydrogen) atoms. The van der Waals surface area contributed by atoms with Crippen LogP contribution in [0.25, 0.3) is 0 Å². The molecule has 2 atom stereocenters. The van der Waals surface area contributed by atoms with Crippen LogP contribution in [-0.4, -0.2) is 22.5 Å². The van der Waals surface area contributed by atoms with Crippen LogP contribution in [0.4, 0.5) is 26.3 Å². The lowest BCUT2D eigenvalue weighted by Crippen LogP contribution is -2.37. The molecule has 0 amide bonds. The van der Waals surface area contributed by atoms with Crippen molar-refractivity contribution < 1.29 is 36.2 Å². The maximum absolute atomic E-state index is 12.9. The summed E-state index contributed by atoms with van der Waals surface area (Å²) in [5.74, 6) is -1.07. The second-order valence-corrected chi connectivity index (χ2v) is 7.79. The van der Waals surface area contributed by atoms with E-state index in [1.165, 1.54) is 24.3 Å². The molecule has 0 radical (unpaired) electrons. The standard InChI is InChI=1S/C22H21F6NO2/c23-21(24,25)17-5-1-14(2-6-17)13-29-10-9-15(12-20(30)31)11-19(29)16-3-7-18(8-4-16)22(26,27)28/h1-8,15,19H,9-13H2,(H,30,31)/t15-,19+/m1/s1. The average Bonchev–Trinajstić information content (AvgIpc) is 2.68. The Balaban J connectivity index is 1.82. The van der Waals surface area contributed by atoms with Gasteiger partial charge in [0.15, 0.2) is 0 Å². The smallest absolute Gasteiger partial charge is 0.416 e. The average molecular weight is 445 g/mol. The zero-order chi connectivity index (χ0) is 22.8. The summed E-state index contributed by atoms with van der Waals surface area (Å²) in [4.78, 5) is 13.1. The zero-order valence-electron chi connectivity index (χ0n) is 16.4. The molecule has 1 saturated heterocycles. The SMILES string of the molecule is O=C(O)C[C@@H]1CCN(Cc2ccc(C(F)(F)F)cc2)[C@H](c2ccc(C(F)(F)F)cc2)C1. The summed E-state index contributed by atoms with van der Waals surface area (Å²) >= 11 is 0. The summed E-state index contributed by atoms with van der Waals surface area (Å²) in [7, 11) is 0. The molecule has 1 aliphatic rings. The van der Waals surface area contributed by atoms with Gasteiger partial charge >= 0.3 is 18.3 Å². The number of rotatable bonds is 5. The molecule has 0 aliphatic carbocycles. The Hall–Kier alpha value is -2.55. The Morgan fingerprint density at radius 2 is 1.42 bits per heavy atom. The number of nitrogens with zero attached hydrogens (tertiary/aromatic N) is 1.